The summed E-state index contributed by atoms with van der Waals surface area (Å²) >= 11 is 12.3. The van der Waals surface area contributed by atoms with E-state index in [1.54, 1.807) is 37.3 Å². The third kappa shape index (κ3) is 2.90. The van der Waals surface area contributed by atoms with Gasteiger partial charge in [-0.3, -0.25) is 5.84 Å². The van der Waals surface area contributed by atoms with Gasteiger partial charge in [0.25, 0.3) is 0 Å². The lowest BCUT2D eigenvalue weighted by molar-refractivity contribution is 0.599. The molecule has 0 bridgehead atoms. The molecule has 5 heteroatoms. The number of nitrogens with two attached hydrogens (primary N) is 1. The molecular weight excluding hydrogens is 286 g/mol. The van der Waals surface area contributed by atoms with Crippen LogP contribution in [0.15, 0.2) is 36.4 Å². The lowest BCUT2D eigenvalue weighted by Gasteiger charge is -2.20. The van der Waals surface area contributed by atoms with Crippen LogP contribution in [0.1, 0.15) is 22.7 Å². The molecular formula is C14H13Cl2FN2. The van der Waals surface area contributed by atoms with Crippen molar-refractivity contribution >= 4 is 23.2 Å². The topological polar surface area (TPSA) is 38.0 Å². The van der Waals surface area contributed by atoms with Crippen molar-refractivity contribution < 1.29 is 4.39 Å². The fourth-order valence-electron chi connectivity index (χ4n) is 1.92. The molecule has 2 aromatic rings. The average molecular weight is 299 g/mol. The molecule has 3 N–H and O–H groups in total. The second kappa shape index (κ2) is 5.88. The number of benzene rings is 2. The highest BCUT2D eigenvalue weighted by molar-refractivity contribution is 6.36. The van der Waals surface area contributed by atoms with Gasteiger partial charge in [-0.25, -0.2) is 9.82 Å². The number of halogens is 3. The Balaban J connectivity index is 2.53. The van der Waals surface area contributed by atoms with Gasteiger partial charge in [0.05, 0.1) is 6.04 Å². The smallest absolute Gasteiger partial charge is 0.126 e. The van der Waals surface area contributed by atoms with E-state index >= 15 is 0 Å². The molecule has 1 unspecified atom stereocenters. The Bertz CT molecular complexity index is 582. The highest BCUT2D eigenvalue weighted by Crippen LogP contribution is 2.34. The number of rotatable bonds is 3. The molecule has 0 radical (unpaired) electrons. The van der Waals surface area contributed by atoms with Crippen LogP contribution >= 0.6 is 23.2 Å². The Hall–Kier alpha value is -1.13. The molecule has 0 amide bonds. The van der Waals surface area contributed by atoms with Crippen LogP contribution < -0.4 is 11.3 Å². The Morgan fingerprint density at radius 2 is 1.79 bits per heavy atom. The van der Waals surface area contributed by atoms with E-state index in [1.807, 2.05) is 0 Å². The molecule has 0 aliphatic carbocycles. The maximum absolute atomic E-state index is 13.7. The van der Waals surface area contributed by atoms with Crippen LogP contribution in [-0.4, -0.2) is 0 Å². The molecule has 0 fully saturated rings. The molecule has 1 atom stereocenters. The lowest BCUT2D eigenvalue weighted by atomic mass is 9.98. The van der Waals surface area contributed by atoms with Gasteiger partial charge in [0, 0.05) is 15.6 Å². The maximum atomic E-state index is 13.7. The van der Waals surface area contributed by atoms with Crippen molar-refractivity contribution in [2.75, 3.05) is 0 Å². The summed E-state index contributed by atoms with van der Waals surface area (Å²) in [5.41, 5.74) is 4.50. The summed E-state index contributed by atoms with van der Waals surface area (Å²) in [7, 11) is 0. The molecule has 0 heterocycles. The molecule has 19 heavy (non-hydrogen) atoms. The summed E-state index contributed by atoms with van der Waals surface area (Å²) in [6.07, 6.45) is 0. The highest BCUT2D eigenvalue weighted by atomic mass is 35.5. The number of hydrazine groups is 1. The van der Waals surface area contributed by atoms with E-state index in [1.165, 1.54) is 6.07 Å². The summed E-state index contributed by atoms with van der Waals surface area (Å²) in [5, 5.41) is 0.966. The van der Waals surface area contributed by atoms with Crippen LogP contribution in [-0.2, 0) is 0 Å². The fraction of sp³-hybridized carbons (Fsp3) is 0.143. The summed E-state index contributed by atoms with van der Waals surface area (Å²) in [4.78, 5) is 0. The second-order valence-electron chi connectivity index (χ2n) is 4.24. The second-order valence-corrected chi connectivity index (χ2v) is 5.06. The molecule has 0 aliphatic rings. The third-order valence-corrected chi connectivity index (χ3v) is 3.64. The quantitative estimate of drug-likeness (QED) is 0.664. The first-order valence-corrected chi connectivity index (χ1v) is 6.46. The number of hydrogen-bond acceptors (Lipinski definition) is 2. The summed E-state index contributed by atoms with van der Waals surface area (Å²) in [6.45, 7) is 1.70. The van der Waals surface area contributed by atoms with Crippen molar-refractivity contribution in [3.05, 3.63) is 69.0 Å². The van der Waals surface area contributed by atoms with Crippen LogP contribution in [0.5, 0.6) is 0 Å². The van der Waals surface area contributed by atoms with Gasteiger partial charge in [-0.2, -0.15) is 0 Å². The molecule has 100 valence electrons. The van der Waals surface area contributed by atoms with Gasteiger partial charge in [0.2, 0.25) is 0 Å². The first-order valence-electron chi connectivity index (χ1n) is 5.70. The number of hydrogen-bond donors (Lipinski definition) is 2. The minimum atomic E-state index is -0.462. The minimum Gasteiger partial charge on any atom is -0.271 e. The number of nitrogens with one attached hydrogen (secondary N) is 1. The lowest BCUT2D eigenvalue weighted by Crippen LogP contribution is -2.29. The van der Waals surface area contributed by atoms with E-state index < -0.39 is 6.04 Å². The van der Waals surface area contributed by atoms with E-state index in [0.29, 0.717) is 26.7 Å². The molecule has 2 aromatic carbocycles. The predicted molar refractivity (Wildman–Crippen MR) is 76.8 cm³/mol. The van der Waals surface area contributed by atoms with Crippen LogP contribution in [0.3, 0.4) is 0 Å². The third-order valence-electron chi connectivity index (χ3n) is 2.98. The van der Waals surface area contributed by atoms with E-state index in [4.69, 9.17) is 29.0 Å². The van der Waals surface area contributed by atoms with Crippen LogP contribution in [0, 0.1) is 12.7 Å². The molecule has 0 aromatic heterocycles. The van der Waals surface area contributed by atoms with Crippen molar-refractivity contribution in [2.45, 2.75) is 13.0 Å². The van der Waals surface area contributed by atoms with Crippen molar-refractivity contribution in [3.63, 3.8) is 0 Å². The summed E-state index contributed by atoms with van der Waals surface area (Å²) < 4.78 is 13.7. The molecule has 0 aliphatic heterocycles. The first kappa shape index (κ1) is 14.3. The van der Waals surface area contributed by atoms with E-state index in [9.17, 15) is 4.39 Å². The van der Waals surface area contributed by atoms with E-state index in [-0.39, 0.29) is 5.82 Å². The standard InChI is InChI=1S/C14H13Cl2FN2/c1-8-5-6-9(7-12(8)17)14(19-18)13-10(15)3-2-4-11(13)16/h2-7,14,19H,18H2,1H3. The van der Waals surface area contributed by atoms with Gasteiger partial charge in [-0.1, -0.05) is 41.4 Å². The SMILES string of the molecule is Cc1ccc(C(NN)c2c(Cl)cccc2Cl)cc1F. The zero-order chi connectivity index (χ0) is 14.0. The van der Waals surface area contributed by atoms with Gasteiger partial charge in [0.15, 0.2) is 0 Å². The first-order chi connectivity index (χ1) is 9.04. The predicted octanol–water partition coefficient (Wildman–Crippen LogP) is 3.99. The molecule has 2 rings (SSSR count). The number of aryl methyl sites for hydroxylation is 1. The van der Waals surface area contributed by atoms with Crippen molar-refractivity contribution in [2.24, 2.45) is 5.84 Å². The van der Waals surface area contributed by atoms with Gasteiger partial charge in [0.1, 0.15) is 5.82 Å². The Kier molecular flexibility index (Phi) is 4.42. The zero-order valence-corrected chi connectivity index (χ0v) is 11.8. The van der Waals surface area contributed by atoms with Gasteiger partial charge in [-0.15, -0.1) is 0 Å². The summed E-state index contributed by atoms with van der Waals surface area (Å²) in [5.74, 6) is 5.28. The van der Waals surface area contributed by atoms with E-state index in [2.05, 4.69) is 5.43 Å². The van der Waals surface area contributed by atoms with E-state index in [0.717, 1.165) is 0 Å². The fourth-order valence-corrected chi connectivity index (χ4v) is 2.54. The maximum Gasteiger partial charge on any atom is 0.126 e. The molecule has 0 spiro atoms. The van der Waals surface area contributed by atoms with Crippen molar-refractivity contribution in [3.8, 4) is 0 Å². The van der Waals surface area contributed by atoms with Gasteiger partial charge >= 0.3 is 0 Å². The Morgan fingerprint density at radius 3 is 2.32 bits per heavy atom. The normalized spacial score (nSPS) is 12.5. The highest BCUT2D eigenvalue weighted by Gasteiger charge is 2.19. The van der Waals surface area contributed by atoms with Gasteiger partial charge in [-0.05, 0) is 36.2 Å². The van der Waals surface area contributed by atoms with Crippen LogP contribution in [0.4, 0.5) is 4.39 Å². The zero-order valence-electron chi connectivity index (χ0n) is 10.3. The molecule has 2 nitrogen and oxygen atoms in total. The van der Waals surface area contributed by atoms with Crippen LogP contribution in [0.2, 0.25) is 10.0 Å². The van der Waals surface area contributed by atoms with Crippen molar-refractivity contribution in [1.82, 2.24) is 5.43 Å². The molecule has 0 saturated carbocycles. The Morgan fingerprint density at radius 1 is 1.16 bits per heavy atom. The van der Waals surface area contributed by atoms with Crippen LogP contribution in [0.25, 0.3) is 0 Å². The Labute approximate surface area is 121 Å². The van der Waals surface area contributed by atoms with Gasteiger partial charge < -0.3 is 0 Å². The minimum absolute atomic E-state index is 0.291. The summed E-state index contributed by atoms with van der Waals surface area (Å²) in [6, 6.07) is 9.64. The monoisotopic (exact) mass is 298 g/mol. The largest absolute Gasteiger partial charge is 0.271 e. The average Bonchev–Trinajstić information content (AvgIpc) is 2.37. The van der Waals surface area contributed by atoms with Crippen molar-refractivity contribution in [1.29, 1.82) is 0 Å². The molecule has 0 saturated heterocycles.